The van der Waals surface area contributed by atoms with Gasteiger partial charge in [0.15, 0.2) is 0 Å². The Bertz CT molecular complexity index is 422. The topological polar surface area (TPSA) is 9.23 Å². The number of rotatable bonds is 4. The lowest BCUT2D eigenvalue weighted by molar-refractivity contribution is -0.143. The first kappa shape index (κ1) is 16.9. The van der Waals surface area contributed by atoms with Gasteiger partial charge in [0.2, 0.25) is 0 Å². The zero-order valence-electron chi connectivity index (χ0n) is 10.9. The Balaban J connectivity index is 3.24. The predicted molar refractivity (Wildman–Crippen MR) is 63.8 cm³/mol. The standard InChI is InChI=1S/C12H13BF6O/c1-7(20-6-13-2)8-3-9(11(14,15)16)5-10(4-8)12(17,18)19/h3-5,7,13H,6H2,1-2H3/t7-/m1/s1. The van der Waals surface area contributed by atoms with E-state index in [1.807, 2.05) is 0 Å². The van der Waals surface area contributed by atoms with Gasteiger partial charge >= 0.3 is 12.4 Å². The van der Waals surface area contributed by atoms with Crippen molar-refractivity contribution in [2.45, 2.75) is 32.2 Å². The average molecular weight is 298 g/mol. The maximum absolute atomic E-state index is 12.6. The first-order valence-electron chi connectivity index (χ1n) is 5.96. The Hall–Kier alpha value is -1.18. The molecule has 0 bridgehead atoms. The highest BCUT2D eigenvalue weighted by Gasteiger charge is 2.37. The molecule has 0 fully saturated rings. The van der Waals surface area contributed by atoms with Gasteiger partial charge in [-0.15, -0.1) is 0 Å². The van der Waals surface area contributed by atoms with Crippen molar-refractivity contribution in [2.75, 3.05) is 6.51 Å². The number of benzene rings is 1. The summed E-state index contributed by atoms with van der Waals surface area (Å²) in [5.41, 5.74) is -2.79. The quantitative estimate of drug-likeness (QED) is 0.596. The van der Waals surface area contributed by atoms with Crippen LogP contribution in [0.5, 0.6) is 0 Å². The zero-order valence-corrected chi connectivity index (χ0v) is 10.9. The second kappa shape index (κ2) is 6.07. The highest BCUT2D eigenvalue weighted by molar-refractivity contribution is 6.33. The lowest BCUT2D eigenvalue weighted by atomic mass is 9.84. The van der Waals surface area contributed by atoms with Crippen molar-refractivity contribution in [3.63, 3.8) is 0 Å². The molecule has 1 aromatic rings. The van der Waals surface area contributed by atoms with Crippen molar-refractivity contribution in [3.05, 3.63) is 34.9 Å². The molecule has 0 saturated heterocycles. The molecule has 1 aromatic carbocycles. The van der Waals surface area contributed by atoms with Crippen LogP contribution in [0.2, 0.25) is 6.82 Å². The van der Waals surface area contributed by atoms with Crippen LogP contribution < -0.4 is 0 Å². The fraction of sp³-hybridized carbons (Fsp3) is 0.500. The SMILES string of the molecule is CBCO[C@H](C)c1cc(C(F)(F)F)cc(C(F)(F)F)c1. The molecule has 1 nitrogen and oxygen atoms in total. The number of alkyl halides is 6. The molecule has 20 heavy (non-hydrogen) atoms. The van der Waals surface area contributed by atoms with Crippen molar-refractivity contribution >= 4 is 7.28 Å². The highest BCUT2D eigenvalue weighted by Crippen LogP contribution is 2.37. The van der Waals surface area contributed by atoms with Crippen LogP contribution in [0, 0.1) is 0 Å². The summed E-state index contributed by atoms with van der Waals surface area (Å²) in [5.74, 6) is 0. The van der Waals surface area contributed by atoms with Gasteiger partial charge in [0.05, 0.1) is 17.2 Å². The summed E-state index contributed by atoms with van der Waals surface area (Å²) in [6.07, 6.45) is -10.5. The molecule has 0 radical (unpaired) electrons. The van der Waals surface area contributed by atoms with Crippen LogP contribution in [-0.2, 0) is 17.1 Å². The monoisotopic (exact) mass is 298 g/mol. The van der Waals surface area contributed by atoms with Crippen LogP contribution in [0.25, 0.3) is 0 Å². The second-order valence-corrected chi connectivity index (χ2v) is 4.35. The molecule has 8 heteroatoms. The number of halogens is 6. The van der Waals surface area contributed by atoms with E-state index in [0.29, 0.717) is 19.4 Å². The molecular formula is C12H13BF6O. The smallest absolute Gasteiger partial charge is 0.382 e. The molecular weight excluding hydrogens is 285 g/mol. The van der Waals surface area contributed by atoms with Crippen LogP contribution in [0.4, 0.5) is 26.3 Å². The summed E-state index contributed by atoms with van der Waals surface area (Å²) in [5, 5.41) is 0. The molecule has 0 unspecified atom stereocenters. The van der Waals surface area contributed by atoms with Crippen LogP contribution in [0.15, 0.2) is 18.2 Å². The van der Waals surface area contributed by atoms with E-state index in [4.69, 9.17) is 4.74 Å². The molecule has 0 saturated carbocycles. The van der Waals surface area contributed by atoms with E-state index in [-0.39, 0.29) is 18.1 Å². The van der Waals surface area contributed by atoms with Gasteiger partial charge in [0, 0.05) is 6.51 Å². The van der Waals surface area contributed by atoms with Gasteiger partial charge in [-0.25, -0.2) is 0 Å². The average Bonchev–Trinajstić information content (AvgIpc) is 2.33. The van der Waals surface area contributed by atoms with Gasteiger partial charge in [0.25, 0.3) is 0 Å². The molecule has 0 heterocycles. The van der Waals surface area contributed by atoms with E-state index >= 15 is 0 Å². The van der Waals surface area contributed by atoms with Gasteiger partial charge in [0.1, 0.15) is 7.28 Å². The minimum Gasteiger partial charge on any atom is -0.382 e. The first-order valence-corrected chi connectivity index (χ1v) is 5.96. The fourth-order valence-electron chi connectivity index (χ4n) is 1.60. The van der Waals surface area contributed by atoms with Crippen LogP contribution in [-0.4, -0.2) is 13.8 Å². The Morgan fingerprint density at radius 2 is 1.45 bits per heavy atom. The fourth-order valence-corrected chi connectivity index (χ4v) is 1.60. The Kier molecular flexibility index (Phi) is 5.12. The minimum absolute atomic E-state index is 0.107. The van der Waals surface area contributed by atoms with Crippen molar-refractivity contribution in [1.29, 1.82) is 0 Å². The summed E-state index contributed by atoms with van der Waals surface area (Å²) < 4.78 is 81.0. The van der Waals surface area contributed by atoms with E-state index < -0.39 is 29.6 Å². The molecule has 0 aliphatic rings. The van der Waals surface area contributed by atoms with Crippen LogP contribution in [0.1, 0.15) is 29.7 Å². The van der Waals surface area contributed by atoms with Crippen molar-refractivity contribution in [2.24, 2.45) is 0 Å². The van der Waals surface area contributed by atoms with Gasteiger partial charge < -0.3 is 4.74 Å². The third-order valence-electron chi connectivity index (χ3n) is 2.65. The summed E-state index contributed by atoms with van der Waals surface area (Å²) in [6, 6.07) is 1.49. The van der Waals surface area contributed by atoms with Gasteiger partial charge in [-0.1, -0.05) is 6.82 Å². The minimum atomic E-state index is -4.83. The second-order valence-electron chi connectivity index (χ2n) is 4.35. The largest absolute Gasteiger partial charge is 0.416 e. The normalized spacial score (nSPS) is 14.2. The van der Waals surface area contributed by atoms with E-state index in [2.05, 4.69) is 0 Å². The Morgan fingerprint density at radius 1 is 1.00 bits per heavy atom. The Labute approximate surface area is 113 Å². The van der Waals surface area contributed by atoms with E-state index in [1.165, 1.54) is 6.92 Å². The van der Waals surface area contributed by atoms with Gasteiger partial charge in [-0.05, 0) is 30.7 Å². The molecule has 1 atom stereocenters. The summed E-state index contributed by atoms with van der Waals surface area (Å²) in [4.78, 5) is 0. The van der Waals surface area contributed by atoms with E-state index in [0.717, 1.165) is 0 Å². The Morgan fingerprint density at radius 3 is 1.80 bits per heavy atom. The summed E-state index contributed by atoms with van der Waals surface area (Å²) in [7, 11) is 0.620. The van der Waals surface area contributed by atoms with Crippen molar-refractivity contribution in [3.8, 4) is 0 Å². The summed E-state index contributed by atoms with van der Waals surface area (Å²) >= 11 is 0. The molecule has 0 aromatic heterocycles. The lowest BCUT2D eigenvalue weighted by Crippen LogP contribution is -2.13. The predicted octanol–water partition coefficient (Wildman–Crippen LogP) is 4.24. The number of hydrogen-bond acceptors (Lipinski definition) is 1. The first-order chi connectivity index (χ1) is 9.05. The third-order valence-corrected chi connectivity index (χ3v) is 2.65. The lowest BCUT2D eigenvalue weighted by Gasteiger charge is -2.18. The third kappa shape index (κ3) is 4.43. The zero-order chi connectivity index (χ0) is 15.6. The molecule has 0 N–H and O–H groups in total. The van der Waals surface area contributed by atoms with E-state index in [1.54, 1.807) is 6.82 Å². The summed E-state index contributed by atoms with van der Waals surface area (Å²) in [6.45, 7) is 3.48. The van der Waals surface area contributed by atoms with Crippen molar-refractivity contribution in [1.82, 2.24) is 0 Å². The molecule has 1 rings (SSSR count). The maximum Gasteiger partial charge on any atom is 0.416 e. The van der Waals surface area contributed by atoms with Crippen molar-refractivity contribution < 1.29 is 31.1 Å². The molecule has 0 amide bonds. The van der Waals surface area contributed by atoms with E-state index in [9.17, 15) is 26.3 Å². The molecule has 0 spiro atoms. The molecule has 0 aliphatic carbocycles. The van der Waals surface area contributed by atoms with Crippen LogP contribution >= 0.6 is 0 Å². The molecule has 112 valence electrons. The van der Waals surface area contributed by atoms with Gasteiger partial charge in [-0.3, -0.25) is 0 Å². The number of hydrogen-bond donors (Lipinski definition) is 0. The molecule has 0 aliphatic heterocycles. The maximum atomic E-state index is 12.6. The highest BCUT2D eigenvalue weighted by atomic mass is 19.4. The van der Waals surface area contributed by atoms with Gasteiger partial charge in [-0.2, -0.15) is 26.3 Å². The van der Waals surface area contributed by atoms with Crippen LogP contribution in [0.3, 0.4) is 0 Å². The number of ether oxygens (including phenoxy) is 1.